The molecule has 2 aliphatic heterocycles. The lowest BCUT2D eigenvalue weighted by molar-refractivity contribution is -0.138. The normalized spacial score (nSPS) is 26.0. The molecule has 3 rings (SSSR count). The molecule has 5 heteroatoms. The quantitative estimate of drug-likeness (QED) is 0.870. The number of hydrogen-bond acceptors (Lipinski definition) is 3. The van der Waals surface area contributed by atoms with Crippen molar-refractivity contribution < 1.29 is 9.18 Å². The van der Waals surface area contributed by atoms with Gasteiger partial charge in [0.2, 0.25) is 5.91 Å². The summed E-state index contributed by atoms with van der Waals surface area (Å²) in [7, 11) is 0. The molecular formula is C16H22FN3O. The zero-order valence-electron chi connectivity index (χ0n) is 12.2. The number of nitrogens with one attached hydrogen (secondary N) is 2. The van der Waals surface area contributed by atoms with Crippen molar-refractivity contribution in [2.24, 2.45) is 0 Å². The summed E-state index contributed by atoms with van der Waals surface area (Å²) in [6.45, 7) is 4.13. The van der Waals surface area contributed by atoms with Crippen molar-refractivity contribution in [2.75, 3.05) is 32.7 Å². The number of hydrogen-bond donors (Lipinski definition) is 2. The molecule has 2 aliphatic rings. The number of carbonyl (C=O) groups is 1. The van der Waals surface area contributed by atoms with Gasteiger partial charge in [-0.1, -0.05) is 12.1 Å². The first kappa shape index (κ1) is 14.5. The molecule has 0 spiro atoms. The van der Waals surface area contributed by atoms with Gasteiger partial charge in [0.15, 0.2) is 0 Å². The summed E-state index contributed by atoms with van der Waals surface area (Å²) >= 11 is 0. The van der Waals surface area contributed by atoms with Crippen LogP contribution in [-0.4, -0.2) is 49.1 Å². The van der Waals surface area contributed by atoms with Gasteiger partial charge in [0.05, 0.1) is 0 Å². The summed E-state index contributed by atoms with van der Waals surface area (Å²) in [5.74, 6) is -0.0357. The molecule has 1 aromatic rings. The van der Waals surface area contributed by atoms with Crippen LogP contribution in [0.2, 0.25) is 0 Å². The van der Waals surface area contributed by atoms with Gasteiger partial charge < -0.3 is 15.5 Å². The van der Waals surface area contributed by atoms with E-state index in [-0.39, 0.29) is 11.7 Å². The number of piperazine rings is 1. The second-order valence-corrected chi connectivity index (χ2v) is 5.96. The molecule has 1 amide bonds. The molecule has 114 valence electrons. The van der Waals surface area contributed by atoms with E-state index in [0.29, 0.717) is 6.42 Å². The summed E-state index contributed by atoms with van der Waals surface area (Å²) in [6.07, 6.45) is 2.50. The van der Waals surface area contributed by atoms with E-state index in [1.54, 1.807) is 12.1 Å². The second-order valence-electron chi connectivity index (χ2n) is 5.96. The molecule has 0 bridgehead atoms. The topological polar surface area (TPSA) is 44.4 Å². The fourth-order valence-electron chi connectivity index (χ4n) is 3.34. The maximum Gasteiger partial charge on any atom is 0.243 e. The molecule has 0 radical (unpaired) electrons. The van der Waals surface area contributed by atoms with Crippen LogP contribution in [0.15, 0.2) is 24.3 Å². The minimum absolute atomic E-state index is 0.200. The van der Waals surface area contributed by atoms with Gasteiger partial charge in [0.25, 0.3) is 0 Å². The first-order valence-electron chi connectivity index (χ1n) is 7.69. The Labute approximate surface area is 124 Å². The standard InChI is InChI=1S/C16H22FN3O/c17-14-4-2-13(3-5-14)12-16(6-1-7-19-16)15(21)20-10-8-18-9-11-20/h2-5,18-19H,1,6-12H2/t16-/m1/s1. The highest BCUT2D eigenvalue weighted by molar-refractivity contribution is 5.87. The molecule has 2 N–H and O–H groups in total. The Morgan fingerprint density at radius 3 is 2.52 bits per heavy atom. The number of amides is 1. The fraction of sp³-hybridized carbons (Fsp3) is 0.562. The summed E-state index contributed by atoms with van der Waals surface area (Å²) < 4.78 is 13.0. The molecule has 2 saturated heterocycles. The lowest BCUT2D eigenvalue weighted by Gasteiger charge is -2.37. The Balaban J connectivity index is 1.78. The van der Waals surface area contributed by atoms with Crippen molar-refractivity contribution in [3.63, 3.8) is 0 Å². The highest BCUT2D eigenvalue weighted by atomic mass is 19.1. The Kier molecular flexibility index (Phi) is 4.22. The van der Waals surface area contributed by atoms with E-state index < -0.39 is 5.54 Å². The van der Waals surface area contributed by atoms with E-state index in [2.05, 4.69) is 10.6 Å². The smallest absolute Gasteiger partial charge is 0.243 e. The van der Waals surface area contributed by atoms with E-state index in [4.69, 9.17) is 0 Å². The fourth-order valence-corrected chi connectivity index (χ4v) is 3.34. The molecule has 2 heterocycles. The summed E-state index contributed by atoms with van der Waals surface area (Å²) in [5.41, 5.74) is 0.504. The lowest BCUT2D eigenvalue weighted by Crippen LogP contribution is -2.59. The molecule has 21 heavy (non-hydrogen) atoms. The average Bonchev–Trinajstić information content (AvgIpc) is 2.99. The van der Waals surface area contributed by atoms with Crippen LogP contribution in [0.4, 0.5) is 4.39 Å². The van der Waals surface area contributed by atoms with Crippen molar-refractivity contribution in [3.8, 4) is 0 Å². The van der Waals surface area contributed by atoms with E-state index in [1.807, 2.05) is 4.90 Å². The van der Waals surface area contributed by atoms with Gasteiger partial charge in [-0.05, 0) is 43.5 Å². The molecule has 0 aromatic heterocycles. The van der Waals surface area contributed by atoms with Crippen molar-refractivity contribution >= 4 is 5.91 Å². The van der Waals surface area contributed by atoms with Gasteiger partial charge in [0, 0.05) is 26.2 Å². The van der Waals surface area contributed by atoms with Crippen LogP contribution in [0.25, 0.3) is 0 Å². The first-order chi connectivity index (χ1) is 10.2. The van der Waals surface area contributed by atoms with E-state index in [1.165, 1.54) is 12.1 Å². The maximum atomic E-state index is 13.0. The molecule has 0 saturated carbocycles. The van der Waals surface area contributed by atoms with E-state index in [0.717, 1.165) is 51.1 Å². The number of carbonyl (C=O) groups excluding carboxylic acids is 1. The van der Waals surface area contributed by atoms with E-state index in [9.17, 15) is 9.18 Å². The van der Waals surface area contributed by atoms with Crippen LogP contribution in [0.5, 0.6) is 0 Å². The van der Waals surface area contributed by atoms with Crippen LogP contribution in [0.1, 0.15) is 18.4 Å². The van der Waals surface area contributed by atoms with Gasteiger partial charge in [-0.2, -0.15) is 0 Å². The number of rotatable bonds is 3. The molecule has 0 unspecified atom stereocenters. The Hall–Kier alpha value is -1.46. The largest absolute Gasteiger partial charge is 0.339 e. The Morgan fingerprint density at radius 1 is 1.19 bits per heavy atom. The average molecular weight is 291 g/mol. The molecular weight excluding hydrogens is 269 g/mol. The highest BCUT2D eigenvalue weighted by Gasteiger charge is 2.43. The highest BCUT2D eigenvalue weighted by Crippen LogP contribution is 2.27. The molecule has 2 fully saturated rings. The third kappa shape index (κ3) is 3.09. The summed E-state index contributed by atoms with van der Waals surface area (Å²) in [6, 6.07) is 6.49. The van der Waals surface area contributed by atoms with Crippen molar-refractivity contribution in [3.05, 3.63) is 35.6 Å². The van der Waals surface area contributed by atoms with Crippen molar-refractivity contribution in [2.45, 2.75) is 24.8 Å². The minimum Gasteiger partial charge on any atom is -0.339 e. The number of nitrogens with zero attached hydrogens (tertiary/aromatic N) is 1. The zero-order valence-corrected chi connectivity index (χ0v) is 12.2. The third-order valence-corrected chi connectivity index (χ3v) is 4.48. The maximum absolute atomic E-state index is 13.0. The number of halogens is 1. The molecule has 1 atom stereocenters. The Morgan fingerprint density at radius 2 is 1.90 bits per heavy atom. The SMILES string of the molecule is O=C(N1CCNCC1)[C@]1(Cc2ccc(F)cc2)CCCN1. The monoisotopic (exact) mass is 291 g/mol. The second kappa shape index (κ2) is 6.12. The zero-order chi connectivity index (χ0) is 14.7. The van der Waals surface area contributed by atoms with Crippen LogP contribution < -0.4 is 10.6 Å². The van der Waals surface area contributed by atoms with Crippen LogP contribution in [-0.2, 0) is 11.2 Å². The summed E-state index contributed by atoms with van der Waals surface area (Å²) in [5, 5.41) is 6.70. The number of benzene rings is 1. The molecule has 0 aliphatic carbocycles. The first-order valence-corrected chi connectivity index (χ1v) is 7.69. The van der Waals surface area contributed by atoms with Crippen molar-refractivity contribution in [1.29, 1.82) is 0 Å². The minimum atomic E-state index is -0.505. The summed E-state index contributed by atoms with van der Waals surface area (Å²) in [4.78, 5) is 14.9. The van der Waals surface area contributed by atoms with Gasteiger partial charge in [-0.15, -0.1) is 0 Å². The van der Waals surface area contributed by atoms with Gasteiger partial charge >= 0.3 is 0 Å². The van der Waals surface area contributed by atoms with Crippen LogP contribution in [0, 0.1) is 5.82 Å². The third-order valence-electron chi connectivity index (χ3n) is 4.48. The van der Waals surface area contributed by atoms with Gasteiger partial charge in [-0.3, -0.25) is 4.79 Å². The predicted molar refractivity (Wildman–Crippen MR) is 79.5 cm³/mol. The van der Waals surface area contributed by atoms with Gasteiger partial charge in [0.1, 0.15) is 11.4 Å². The lowest BCUT2D eigenvalue weighted by atomic mass is 9.87. The van der Waals surface area contributed by atoms with Crippen LogP contribution >= 0.6 is 0 Å². The van der Waals surface area contributed by atoms with Gasteiger partial charge in [-0.25, -0.2) is 4.39 Å². The predicted octanol–water partition coefficient (Wildman–Crippen LogP) is 0.922. The van der Waals surface area contributed by atoms with Crippen molar-refractivity contribution in [1.82, 2.24) is 15.5 Å². The van der Waals surface area contributed by atoms with E-state index >= 15 is 0 Å². The Bertz CT molecular complexity index is 491. The molecule has 1 aromatic carbocycles. The molecule has 4 nitrogen and oxygen atoms in total. The van der Waals surface area contributed by atoms with Crippen LogP contribution in [0.3, 0.4) is 0 Å².